The largest absolute Gasteiger partial charge is 0.347 e. The maximum absolute atomic E-state index is 12.6. The van der Waals surface area contributed by atoms with Gasteiger partial charge in [0.05, 0.1) is 0 Å². The van der Waals surface area contributed by atoms with Crippen LogP contribution < -0.4 is 10.6 Å². The first-order valence-electron chi connectivity index (χ1n) is 8.92. The van der Waals surface area contributed by atoms with Gasteiger partial charge in [0.2, 0.25) is 0 Å². The topological polar surface area (TPSA) is 58.2 Å². The van der Waals surface area contributed by atoms with Crippen molar-refractivity contribution < 1.29 is 9.59 Å². The fraction of sp³-hybridized carbons (Fsp3) is 0.364. The highest BCUT2D eigenvalue weighted by atomic mass is 16.2. The SMILES string of the molecule is Cc1cccc(C(C)C)c1NC(=O)c1ccc(C(=O)NC(C)(C)C)cc1. The zero-order valence-corrected chi connectivity index (χ0v) is 16.4. The maximum Gasteiger partial charge on any atom is 0.255 e. The Morgan fingerprint density at radius 1 is 0.885 bits per heavy atom. The van der Waals surface area contributed by atoms with Crippen LogP contribution in [0.3, 0.4) is 0 Å². The molecule has 0 unspecified atom stereocenters. The molecule has 0 aromatic heterocycles. The van der Waals surface area contributed by atoms with Gasteiger partial charge in [0.1, 0.15) is 0 Å². The average Bonchev–Trinajstić information content (AvgIpc) is 2.55. The molecule has 0 aliphatic carbocycles. The smallest absolute Gasteiger partial charge is 0.255 e. The van der Waals surface area contributed by atoms with Crippen LogP contribution in [-0.2, 0) is 0 Å². The van der Waals surface area contributed by atoms with E-state index in [0.717, 1.165) is 16.8 Å². The molecule has 138 valence electrons. The van der Waals surface area contributed by atoms with Crippen molar-refractivity contribution >= 4 is 17.5 Å². The Kier molecular flexibility index (Phi) is 5.86. The van der Waals surface area contributed by atoms with Crippen LogP contribution in [0, 0.1) is 6.92 Å². The summed E-state index contributed by atoms with van der Waals surface area (Å²) in [7, 11) is 0. The highest BCUT2D eigenvalue weighted by Crippen LogP contribution is 2.27. The molecule has 2 rings (SSSR count). The van der Waals surface area contributed by atoms with Crippen LogP contribution in [0.5, 0.6) is 0 Å². The van der Waals surface area contributed by atoms with Crippen molar-refractivity contribution in [2.75, 3.05) is 5.32 Å². The van der Waals surface area contributed by atoms with E-state index in [4.69, 9.17) is 0 Å². The third kappa shape index (κ3) is 4.94. The van der Waals surface area contributed by atoms with Crippen LogP contribution in [-0.4, -0.2) is 17.4 Å². The van der Waals surface area contributed by atoms with Gasteiger partial charge in [-0.3, -0.25) is 9.59 Å². The molecule has 2 amide bonds. The Hall–Kier alpha value is -2.62. The third-order valence-corrected chi connectivity index (χ3v) is 4.06. The predicted molar refractivity (Wildman–Crippen MR) is 107 cm³/mol. The number of para-hydroxylation sites is 1. The Labute approximate surface area is 156 Å². The van der Waals surface area contributed by atoms with Crippen LogP contribution >= 0.6 is 0 Å². The third-order valence-electron chi connectivity index (χ3n) is 4.06. The molecule has 0 heterocycles. The minimum atomic E-state index is -0.300. The van der Waals surface area contributed by atoms with E-state index in [-0.39, 0.29) is 17.4 Å². The van der Waals surface area contributed by atoms with E-state index in [1.165, 1.54) is 0 Å². The molecule has 2 aromatic carbocycles. The quantitative estimate of drug-likeness (QED) is 0.822. The number of aryl methyl sites for hydroxylation is 1. The van der Waals surface area contributed by atoms with Gasteiger partial charge >= 0.3 is 0 Å². The second kappa shape index (κ2) is 7.73. The molecule has 2 aromatic rings. The number of amides is 2. The van der Waals surface area contributed by atoms with Crippen molar-refractivity contribution in [2.24, 2.45) is 0 Å². The highest BCUT2D eigenvalue weighted by molar-refractivity contribution is 6.05. The van der Waals surface area contributed by atoms with Gasteiger partial charge in [0.15, 0.2) is 0 Å². The number of carbonyl (C=O) groups excluding carboxylic acids is 2. The van der Waals surface area contributed by atoms with Crippen LogP contribution in [0.1, 0.15) is 72.4 Å². The van der Waals surface area contributed by atoms with Crippen LogP contribution in [0.4, 0.5) is 5.69 Å². The summed E-state index contributed by atoms with van der Waals surface area (Å²) in [6.07, 6.45) is 0. The molecule has 0 spiro atoms. The van der Waals surface area contributed by atoms with E-state index >= 15 is 0 Å². The van der Waals surface area contributed by atoms with Gasteiger partial charge in [-0.05, 0) is 69.0 Å². The molecular formula is C22H28N2O2. The van der Waals surface area contributed by atoms with Crippen molar-refractivity contribution in [3.63, 3.8) is 0 Å². The van der Waals surface area contributed by atoms with E-state index in [0.29, 0.717) is 17.0 Å². The summed E-state index contributed by atoms with van der Waals surface area (Å²) in [6, 6.07) is 12.7. The first-order chi connectivity index (χ1) is 12.1. The second-order valence-electron chi connectivity index (χ2n) is 7.93. The number of nitrogens with one attached hydrogen (secondary N) is 2. The number of rotatable bonds is 4. The Bertz CT molecular complexity index is 800. The van der Waals surface area contributed by atoms with Gasteiger partial charge in [0.25, 0.3) is 11.8 Å². The van der Waals surface area contributed by atoms with Crippen LogP contribution in [0.25, 0.3) is 0 Å². The monoisotopic (exact) mass is 352 g/mol. The lowest BCUT2D eigenvalue weighted by Crippen LogP contribution is -2.40. The maximum atomic E-state index is 12.6. The number of hydrogen-bond acceptors (Lipinski definition) is 2. The second-order valence-corrected chi connectivity index (χ2v) is 7.93. The molecule has 2 N–H and O–H groups in total. The lowest BCUT2D eigenvalue weighted by Gasteiger charge is -2.20. The van der Waals surface area contributed by atoms with Crippen molar-refractivity contribution in [2.45, 2.75) is 53.0 Å². The van der Waals surface area contributed by atoms with Gasteiger partial charge in [-0.1, -0.05) is 32.0 Å². The summed E-state index contributed by atoms with van der Waals surface area (Å²) in [5.74, 6) is -0.0110. The van der Waals surface area contributed by atoms with E-state index in [9.17, 15) is 9.59 Å². The van der Waals surface area contributed by atoms with Gasteiger partial charge in [-0.15, -0.1) is 0 Å². The van der Waals surface area contributed by atoms with Crippen molar-refractivity contribution in [1.29, 1.82) is 0 Å². The first-order valence-corrected chi connectivity index (χ1v) is 8.92. The van der Waals surface area contributed by atoms with E-state index in [2.05, 4.69) is 24.5 Å². The molecule has 4 nitrogen and oxygen atoms in total. The van der Waals surface area contributed by atoms with E-state index in [1.807, 2.05) is 45.9 Å². The molecule has 0 aliphatic rings. The Morgan fingerprint density at radius 3 is 1.92 bits per heavy atom. The number of hydrogen-bond donors (Lipinski definition) is 2. The summed E-state index contributed by atoms with van der Waals surface area (Å²) >= 11 is 0. The van der Waals surface area contributed by atoms with Crippen molar-refractivity contribution in [1.82, 2.24) is 5.32 Å². The Balaban J connectivity index is 2.18. The van der Waals surface area contributed by atoms with Crippen molar-refractivity contribution in [3.05, 3.63) is 64.7 Å². The molecule has 0 fully saturated rings. The molecule has 4 heteroatoms. The van der Waals surface area contributed by atoms with Crippen LogP contribution in [0.15, 0.2) is 42.5 Å². The molecule has 0 aliphatic heterocycles. The fourth-order valence-corrected chi connectivity index (χ4v) is 2.71. The minimum absolute atomic E-state index is 0.148. The first kappa shape index (κ1) is 19.7. The van der Waals surface area contributed by atoms with Gasteiger partial charge in [0, 0.05) is 22.4 Å². The van der Waals surface area contributed by atoms with Gasteiger partial charge in [-0.2, -0.15) is 0 Å². The number of carbonyl (C=O) groups is 2. The highest BCUT2D eigenvalue weighted by Gasteiger charge is 2.17. The predicted octanol–water partition coefficient (Wildman–Crippen LogP) is 4.90. The lowest BCUT2D eigenvalue weighted by molar-refractivity contribution is 0.0918. The average molecular weight is 352 g/mol. The molecule has 0 bridgehead atoms. The zero-order chi connectivity index (χ0) is 19.5. The molecule has 26 heavy (non-hydrogen) atoms. The minimum Gasteiger partial charge on any atom is -0.347 e. The lowest BCUT2D eigenvalue weighted by atomic mass is 9.98. The zero-order valence-electron chi connectivity index (χ0n) is 16.4. The van der Waals surface area contributed by atoms with Crippen LogP contribution in [0.2, 0.25) is 0 Å². The molecule has 0 saturated carbocycles. The molecule has 0 saturated heterocycles. The molecule has 0 atom stereocenters. The Morgan fingerprint density at radius 2 is 1.42 bits per heavy atom. The van der Waals surface area contributed by atoms with Gasteiger partial charge < -0.3 is 10.6 Å². The summed E-state index contributed by atoms with van der Waals surface area (Å²) in [5.41, 5.74) is 3.77. The summed E-state index contributed by atoms with van der Waals surface area (Å²) < 4.78 is 0. The summed E-state index contributed by atoms with van der Waals surface area (Å²) in [6.45, 7) is 12.0. The molecular weight excluding hydrogens is 324 g/mol. The van der Waals surface area contributed by atoms with Crippen molar-refractivity contribution in [3.8, 4) is 0 Å². The molecule has 0 radical (unpaired) electrons. The van der Waals surface area contributed by atoms with Gasteiger partial charge in [-0.25, -0.2) is 0 Å². The fourth-order valence-electron chi connectivity index (χ4n) is 2.71. The summed E-state index contributed by atoms with van der Waals surface area (Å²) in [4.78, 5) is 24.8. The normalized spacial score (nSPS) is 11.3. The number of anilines is 1. The van der Waals surface area contributed by atoms with E-state index < -0.39 is 0 Å². The number of benzene rings is 2. The summed E-state index contributed by atoms with van der Waals surface area (Å²) in [5, 5.41) is 5.94. The van der Waals surface area contributed by atoms with E-state index in [1.54, 1.807) is 24.3 Å². The standard InChI is InChI=1S/C22H28N2O2/c1-14(2)18-9-7-8-15(3)19(18)23-20(25)16-10-12-17(13-11-16)21(26)24-22(4,5)6/h7-14H,1-6H3,(H,23,25)(H,24,26).